The second kappa shape index (κ2) is 7.64. The lowest BCUT2D eigenvalue weighted by Gasteiger charge is -2.51. The third kappa shape index (κ3) is 3.43. The van der Waals surface area contributed by atoms with Crippen LogP contribution in [0.5, 0.6) is 0 Å². The Kier molecular flexibility index (Phi) is 5.42. The molecule has 0 N–H and O–H groups in total. The van der Waals surface area contributed by atoms with Crippen LogP contribution in [0.1, 0.15) is 65.9 Å². The van der Waals surface area contributed by atoms with Crippen LogP contribution in [0.25, 0.3) is 5.57 Å². The number of rotatable bonds is 5. The van der Waals surface area contributed by atoms with Crippen molar-refractivity contribution in [3.05, 3.63) is 42.0 Å². The van der Waals surface area contributed by atoms with Crippen molar-refractivity contribution in [3.63, 3.8) is 0 Å². The predicted molar refractivity (Wildman–Crippen MR) is 117 cm³/mol. The average molecular weight is 411 g/mol. The van der Waals surface area contributed by atoms with Crippen molar-refractivity contribution in [1.82, 2.24) is 0 Å². The number of esters is 1. The van der Waals surface area contributed by atoms with E-state index in [-0.39, 0.29) is 29.7 Å². The Morgan fingerprint density at radius 1 is 1.27 bits per heavy atom. The van der Waals surface area contributed by atoms with E-state index in [1.165, 1.54) is 0 Å². The van der Waals surface area contributed by atoms with Crippen molar-refractivity contribution in [2.75, 3.05) is 0 Å². The van der Waals surface area contributed by atoms with Crippen LogP contribution in [0.15, 0.2) is 36.4 Å². The zero-order valence-electron chi connectivity index (χ0n) is 18.8. The number of ether oxygens (including phenoxy) is 2. The van der Waals surface area contributed by atoms with E-state index in [2.05, 4.69) is 20.8 Å². The molecule has 1 saturated carbocycles. The molecule has 1 aromatic rings. The molecule has 0 spiro atoms. The minimum absolute atomic E-state index is 0.125. The van der Waals surface area contributed by atoms with Crippen LogP contribution in [-0.2, 0) is 19.1 Å². The number of benzene rings is 1. The summed E-state index contributed by atoms with van der Waals surface area (Å²) in [6, 6.07) is 9.85. The largest absolute Gasteiger partial charge is 0.456 e. The van der Waals surface area contributed by atoms with E-state index in [4.69, 9.17) is 9.47 Å². The Balaban J connectivity index is 1.67. The van der Waals surface area contributed by atoms with Gasteiger partial charge in [0, 0.05) is 24.3 Å². The van der Waals surface area contributed by atoms with Crippen molar-refractivity contribution in [2.45, 2.75) is 77.6 Å². The Bertz CT molecular complexity index is 857. The zero-order chi connectivity index (χ0) is 21.7. The summed E-state index contributed by atoms with van der Waals surface area (Å²) in [6.07, 6.45) is 4.28. The Hall–Kier alpha value is -1.94. The van der Waals surface area contributed by atoms with Crippen LogP contribution in [0.2, 0.25) is 0 Å². The standard InChI is InChI=1S/C26H34O4/c1-16(2)14-26-15-21(27)25(5,30-26)20-12-11-17(3)23(20)24(26)29-22(28)13-18(4)19-9-7-6-8-10-19/h6-10,13,16-17,20,23-24H,11-12,14-15H2,1-5H3/b18-13+. The third-order valence-corrected chi connectivity index (χ3v) is 7.62. The first-order chi connectivity index (χ1) is 14.2. The molecule has 30 heavy (non-hydrogen) atoms. The van der Waals surface area contributed by atoms with Gasteiger partial charge in [0.1, 0.15) is 17.3 Å². The number of hydrogen-bond acceptors (Lipinski definition) is 4. The summed E-state index contributed by atoms with van der Waals surface area (Å²) in [4.78, 5) is 26.1. The van der Waals surface area contributed by atoms with Crippen LogP contribution < -0.4 is 0 Å². The first kappa shape index (κ1) is 21.3. The van der Waals surface area contributed by atoms with Gasteiger partial charge in [-0.2, -0.15) is 0 Å². The molecule has 1 aromatic carbocycles. The Morgan fingerprint density at radius 2 is 1.97 bits per heavy atom. The molecule has 0 aromatic heterocycles. The third-order valence-electron chi connectivity index (χ3n) is 7.62. The molecule has 2 bridgehead atoms. The molecule has 162 valence electrons. The van der Waals surface area contributed by atoms with Gasteiger partial charge in [0.15, 0.2) is 5.78 Å². The minimum atomic E-state index is -0.733. The van der Waals surface area contributed by atoms with E-state index >= 15 is 0 Å². The molecule has 4 heteroatoms. The number of carbonyl (C=O) groups excluding carboxylic acids is 2. The lowest BCUT2D eigenvalue weighted by Crippen LogP contribution is -2.60. The van der Waals surface area contributed by atoms with E-state index < -0.39 is 11.2 Å². The molecule has 2 aliphatic heterocycles. The van der Waals surface area contributed by atoms with Gasteiger partial charge in [-0.05, 0) is 56.1 Å². The number of Topliss-reactive ketones (excluding diaryl/α,β-unsaturated/α-hetero) is 1. The molecule has 4 nitrogen and oxygen atoms in total. The van der Waals surface area contributed by atoms with Gasteiger partial charge in [-0.3, -0.25) is 4.79 Å². The molecule has 4 rings (SSSR count). The van der Waals surface area contributed by atoms with Crippen LogP contribution in [-0.4, -0.2) is 29.1 Å². The van der Waals surface area contributed by atoms with Gasteiger partial charge in [0.25, 0.3) is 0 Å². The maximum Gasteiger partial charge on any atom is 0.331 e. The second-order valence-electron chi connectivity index (χ2n) is 10.3. The molecule has 6 atom stereocenters. The summed E-state index contributed by atoms with van der Waals surface area (Å²) in [6.45, 7) is 10.4. The zero-order valence-corrected chi connectivity index (χ0v) is 18.8. The molecular weight excluding hydrogens is 376 g/mol. The summed E-state index contributed by atoms with van der Waals surface area (Å²) in [5.41, 5.74) is 0.438. The highest BCUT2D eigenvalue weighted by molar-refractivity contribution is 5.92. The fourth-order valence-corrected chi connectivity index (χ4v) is 6.36. The van der Waals surface area contributed by atoms with Gasteiger partial charge in [0.2, 0.25) is 0 Å². The summed E-state index contributed by atoms with van der Waals surface area (Å²) >= 11 is 0. The van der Waals surface area contributed by atoms with E-state index in [0.717, 1.165) is 30.4 Å². The van der Waals surface area contributed by atoms with Crippen LogP contribution in [0.3, 0.4) is 0 Å². The van der Waals surface area contributed by atoms with Crippen molar-refractivity contribution >= 4 is 17.3 Å². The molecule has 2 heterocycles. The van der Waals surface area contributed by atoms with E-state index in [0.29, 0.717) is 18.3 Å². The van der Waals surface area contributed by atoms with Gasteiger partial charge < -0.3 is 9.47 Å². The number of hydrogen-bond donors (Lipinski definition) is 0. The molecule has 0 radical (unpaired) electrons. The van der Waals surface area contributed by atoms with E-state index in [1.54, 1.807) is 6.08 Å². The summed E-state index contributed by atoms with van der Waals surface area (Å²) in [5.74, 6) is 0.891. The molecule has 6 unspecified atom stereocenters. The summed E-state index contributed by atoms with van der Waals surface area (Å²) < 4.78 is 12.8. The quantitative estimate of drug-likeness (QED) is 0.494. The maximum atomic E-state index is 13.1. The number of ketones is 1. The first-order valence-electron chi connectivity index (χ1n) is 11.3. The molecule has 3 fully saturated rings. The summed E-state index contributed by atoms with van der Waals surface area (Å²) in [5, 5.41) is 0. The number of carbonyl (C=O) groups is 2. The molecular formula is C26H34O4. The SMILES string of the molecule is C/C(=C\C(=O)OC1C2C(C)CCC2C2(C)OC1(CC(C)C)CC2=O)c1ccccc1. The van der Waals surface area contributed by atoms with Crippen molar-refractivity contribution in [2.24, 2.45) is 23.7 Å². The number of allylic oxidation sites excluding steroid dienone is 1. The van der Waals surface area contributed by atoms with E-state index in [9.17, 15) is 9.59 Å². The van der Waals surface area contributed by atoms with Gasteiger partial charge in [0.05, 0.1) is 0 Å². The van der Waals surface area contributed by atoms with Crippen LogP contribution in [0.4, 0.5) is 0 Å². The smallest absolute Gasteiger partial charge is 0.331 e. The van der Waals surface area contributed by atoms with Gasteiger partial charge >= 0.3 is 5.97 Å². The van der Waals surface area contributed by atoms with Crippen LogP contribution >= 0.6 is 0 Å². The normalized spacial score (nSPS) is 38.1. The monoisotopic (exact) mass is 410 g/mol. The average Bonchev–Trinajstić information content (AvgIpc) is 3.17. The molecule has 2 saturated heterocycles. The Morgan fingerprint density at radius 3 is 2.63 bits per heavy atom. The molecule has 3 aliphatic rings. The van der Waals surface area contributed by atoms with Gasteiger partial charge in [-0.1, -0.05) is 51.1 Å². The van der Waals surface area contributed by atoms with Crippen molar-refractivity contribution < 1.29 is 19.1 Å². The minimum Gasteiger partial charge on any atom is -0.456 e. The van der Waals surface area contributed by atoms with Crippen molar-refractivity contribution in [1.29, 1.82) is 0 Å². The molecule has 0 amide bonds. The molecule has 1 aliphatic carbocycles. The topological polar surface area (TPSA) is 52.6 Å². The van der Waals surface area contributed by atoms with Gasteiger partial charge in [-0.15, -0.1) is 0 Å². The Labute approximate surface area is 180 Å². The van der Waals surface area contributed by atoms with Crippen LogP contribution in [0, 0.1) is 23.7 Å². The highest BCUT2D eigenvalue weighted by atomic mass is 16.6. The second-order valence-corrected chi connectivity index (χ2v) is 10.3. The van der Waals surface area contributed by atoms with E-state index in [1.807, 2.05) is 44.2 Å². The summed E-state index contributed by atoms with van der Waals surface area (Å²) in [7, 11) is 0. The lowest BCUT2D eigenvalue weighted by atomic mass is 9.70. The fourth-order valence-electron chi connectivity index (χ4n) is 6.36. The predicted octanol–water partition coefficient (Wildman–Crippen LogP) is 5.21. The van der Waals surface area contributed by atoms with Gasteiger partial charge in [-0.25, -0.2) is 4.79 Å². The maximum absolute atomic E-state index is 13.1. The number of fused-ring (bicyclic) bond motifs is 4. The highest BCUT2D eigenvalue weighted by Gasteiger charge is 2.70. The fraction of sp³-hybridized carbons (Fsp3) is 0.615. The highest BCUT2D eigenvalue weighted by Crippen LogP contribution is 2.60. The lowest BCUT2D eigenvalue weighted by molar-refractivity contribution is -0.246. The van der Waals surface area contributed by atoms with Crippen molar-refractivity contribution in [3.8, 4) is 0 Å². The first-order valence-corrected chi connectivity index (χ1v) is 11.3.